The van der Waals surface area contributed by atoms with Crippen molar-refractivity contribution in [2.45, 2.75) is 25.8 Å². The number of quaternary nitrogens is 2. The average molecular weight is 470 g/mol. The van der Waals surface area contributed by atoms with Crippen LogP contribution in [0.3, 0.4) is 0 Å². The van der Waals surface area contributed by atoms with Gasteiger partial charge in [0, 0.05) is 63.6 Å². The monoisotopic (exact) mass is 469 g/mol. The van der Waals surface area contributed by atoms with E-state index in [-0.39, 0.29) is 0 Å². The summed E-state index contributed by atoms with van der Waals surface area (Å²) in [7, 11) is 15.7. The quantitative estimate of drug-likeness (QED) is 0.173. The van der Waals surface area contributed by atoms with Crippen molar-refractivity contribution in [3.05, 3.63) is 60.4 Å². The summed E-state index contributed by atoms with van der Waals surface area (Å²) in [6.45, 7) is 7.05. The summed E-state index contributed by atoms with van der Waals surface area (Å²) < 4.78 is 4.37. The van der Waals surface area contributed by atoms with Gasteiger partial charge in [-0.2, -0.15) is 5.10 Å². The van der Waals surface area contributed by atoms with Gasteiger partial charge in [-0.25, -0.2) is 4.57 Å². The molecule has 0 N–H and O–H groups in total. The molecule has 0 fully saturated rings. The van der Waals surface area contributed by atoms with Gasteiger partial charge in [0.1, 0.15) is 6.54 Å². The molecule has 0 bridgehead atoms. The topological polar surface area (TPSA) is 22.7 Å². The summed E-state index contributed by atoms with van der Waals surface area (Å²) in [5.41, 5.74) is 2.19. The van der Waals surface area contributed by atoms with Crippen molar-refractivity contribution in [1.29, 1.82) is 0 Å². The number of anilines is 1. The second kappa shape index (κ2) is 13.6. The standard InChI is InChI=1S/C28H49N6/c1-30(28-14-9-8-10-15-28)29-26-27-16-22-32(23-17-27)19-11-18-31(20-12-24-33(2,3)4)21-13-25-34(5,6)7/h8-10,14-17,22-23,26H,11-13,18-21,24-25H2,1-7H3/q+3. The van der Waals surface area contributed by atoms with Gasteiger partial charge in [-0.1, -0.05) is 18.2 Å². The van der Waals surface area contributed by atoms with E-state index in [0.29, 0.717) is 0 Å². The Morgan fingerprint density at radius 1 is 0.765 bits per heavy atom. The van der Waals surface area contributed by atoms with E-state index in [1.54, 1.807) is 0 Å². The van der Waals surface area contributed by atoms with Crippen LogP contribution in [-0.2, 0) is 6.54 Å². The zero-order valence-corrected chi connectivity index (χ0v) is 22.8. The normalized spacial score (nSPS) is 12.6. The van der Waals surface area contributed by atoms with Crippen molar-refractivity contribution < 1.29 is 13.5 Å². The maximum absolute atomic E-state index is 4.56. The van der Waals surface area contributed by atoms with Crippen LogP contribution in [0.25, 0.3) is 0 Å². The van der Waals surface area contributed by atoms with Crippen molar-refractivity contribution in [3.8, 4) is 0 Å². The largest absolute Gasteiger partial charge is 0.331 e. The number of benzene rings is 1. The predicted octanol–water partition coefficient (Wildman–Crippen LogP) is 3.33. The molecular formula is C28H49N6+3. The second-order valence-electron chi connectivity index (χ2n) is 11.4. The first-order chi connectivity index (χ1) is 16.0. The van der Waals surface area contributed by atoms with Crippen LogP contribution in [-0.4, -0.2) is 102 Å². The van der Waals surface area contributed by atoms with E-state index in [9.17, 15) is 0 Å². The molecule has 2 aromatic rings. The molecule has 0 saturated carbocycles. The lowest BCUT2D eigenvalue weighted by molar-refractivity contribution is -0.870. The smallest absolute Gasteiger partial charge is 0.169 e. The first-order valence-electron chi connectivity index (χ1n) is 12.7. The lowest BCUT2D eigenvalue weighted by Crippen LogP contribution is -2.40. The number of hydrogen-bond donors (Lipinski definition) is 0. The zero-order chi connectivity index (χ0) is 25.0. The summed E-state index contributed by atoms with van der Waals surface area (Å²) in [5.74, 6) is 0. The van der Waals surface area contributed by atoms with Crippen LogP contribution in [0.1, 0.15) is 24.8 Å². The van der Waals surface area contributed by atoms with Crippen LogP contribution in [0.2, 0.25) is 0 Å². The Morgan fingerprint density at radius 2 is 1.29 bits per heavy atom. The molecule has 0 aliphatic carbocycles. The average Bonchev–Trinajstić information content (AvgIpc) is 2.77. The molecule has 2 rings (SSSR count). The highest BCUT2D eigenvalue weighted by molar-refractivity contribution is 5.79. The number of aryl methyl sites for hydroxylation is 1. The number of hydrogen-bond acceptors (Lipinski definition) is 3. The molecule has 0 aliphatic heterocycles. The van der Waals surface area contributed by atoms with Gasteiger partial charge in [0.15, 0.2) is 12.4 Å². The van der Waals surface area contributed by atoms with E-state index in [1.165, 1.54) is 45.4 Å². The third kappa shape index (κ3) is 12.3. The van der Waals surface area contributed by atoms with E-state index in [4.69, 9.17) is 0 Å². The minimum atomic E-state index is 1.04. The summed E-state index contributed by atoms with van der Waals surface area (Å²) in [6, 6.07) is 14.5. The van der Waals surface area contributed by atoms with Crippen molar-refractivity contribution >= 4 is 11.9 Å². The molecule has 0 saturated heterocycles. The Balaban J connectivity index is 1.81. The van der Waals surface area contributed by atoms with Crippen molar-refractivity contribution in [2.24, 2.45) is 5.10 Å². The van der Waals surface area contributed by atoms with Gasteiger partial charge in [-0.15, -0.1) is 0 Å². The fourth-order valence-corrected chi connectivity index (χ4v) is 3.92. The number of rotatable bonds is 15. The summed E-state index contributed by atoms with van der Waals surface area (Å²) in [5, 5.41) is 6.46. The first kappa shape index (κ1) is 28.0. The van der Waals surface area contributed by atoms with Crippen LogP contribution in [0, 0.1) is 0 Å². The van der Waals surface area contributed by atoms with Crippen LogP contribution in [0.5, 0.6) is 0 Å². The van der Waals surface area contributed by atoms with Crippen LogP contribution in [0.4, 0.5) is 5.69 Å². The Bertz CT molecular complexity index is 814. The van der Waals surface area contributed by atoms with Gasteiger partial charge in [-0.05, 0) is 12.1 Å². The van der Waals surface area contributed by atoms with E-state index in [0.717, 1.165) is 33.3 Å². The van der Waals surface area contributed by atoms with Gasteiger partial charge in [-0.3, -0.25) is 5.01 Å². The number of hydrazone groups is 1. The third-order valence-corrected chi connectivity index (χ3v) is 5.92. The lowest BCUT2D eigenvalue weighted by atomic mass is 10.2. The highest BCUT2D eigenvalue weighted by atomic mass is 15.4. The van der Waals surface area contributed by atoms with Crippen molar-refractivity contribution in [1.82, 2.24) is 4.90 Å². The van der Waals surface area contributed by atoms with E-state index in [2.05, 4.69) is 93.5 Å². The molecule has 1 aromatic heterocycles. The Morgan fingerprint density at radius 3 is 1.82 bits per heavy atom. The third-order valence-electron chi connectivity index (χ3n) is 5.92. The number of pyridine rings is 1. The second-order valence-corrected chi connectivity index (χ2v) is 11.4. The zero-order valence-electron chi connectivity index (χ0n) is 22.8. The SMILES string of the molecule is CN(N=Cc1cc[n+](CCCN(CCC[N+](C)(C)C)CCC[N+](C)(C)C)cc1)c1ccccc1. The molecule has 1 aromatic carbocycles. The fraction of sp³-hybridized carbons (Fsp3) is 0.571. The molecule has 0 aliphatic rings. The number of nitrogens with zero attached hydrogens (tertiary/aromatic N) is 6. The predicted molar refractivity (Wildman–Crippen MR) is 145 cm³/mol. The molecule has 0 spiro atoms. The lowest BCUT2D eigenvalue weighted by Gasteiger charge is -2.28. The Kier molecular flexibility index (Phi) is 11.2. The molecule has 6 heteroatoms. The Hall–Kier alpha value is -2.28. The number of aromatic nitrogens is 1. The molecule has 0 unspecified atom stereocenters. The molecule has 0 amide bonds. The summed E-state index contributed by atoms with van der Waals surface area (Å²) in [4.78, 5) is 2.67. The fourth-order valence-electron chi connectivity index (χ4n) is 3.92. The number of para-hydroxylation sites is 1. The van der Waals surface area contributed by atoms with Gasteiger partial charge in [0.25, 0.3) is 0 Å². The van der Waals surface area contributed by atoms with E-state index < -0.39 is 0 Å². The van der Waals surface area contributed by atoms with Crippen LogP contribution < -0.4 is 9.58 Å². The molecule has 1 heterocycles. The van der Waals surface area contributed by atoms with Crippen LogP contribution in [0.15, 0.2) is 60.0 Å². The molecular weight excluding hydrogens is 420 g/mol. The van der Waals surface area contributed by atoms with Crippen LogP contribution >= 0.6 is 0 Å². The molecule has 188 valence electrons. The molecule has 34 heavy (non-hydrogen) atoms. The molecule has 0 atom stereocenters. The Labute approximate surface area is 208 Å². The van der Waals surface area contributed by atoms with Gasteiger partial charge < -0.3 is 13.9 Å². The summed E-state index contributed by atoms with van der Waals surface area (Å²) >= 11 is 0. The van der Waals surface area contributed by atoms with Gasteiger partial charge in [0.2, 0.25) is 0 Å². The maximum atomic E-state index is 4.56. The van der Waals surface area contributed by atoms with E-state index >= 15 is 0 Å². The maximum Gasteiger partial charge on any atom is 0.169 e. The van der Waals surface area contributed by atoms with E-state index in [1.807, 2.05) is 36.5 Å². The van der Waals surface area contributed by atoms with Gasteiger partial charge in [0.05, 0.1) is 67.3 Å². The highest BCUT2D eigenvalue weighted by Gasteiger charge is 2.13. The minimum Gasteiger partial charge on any atom is -0.331 e. The van der Waals surface area contributed by atoms with Crippen molar-refractivity contribution in [3.63, 3.8) is 0 Å². The first-order valence-corrected chi connectivity index (χ1v) is 12.7. The van der Waals surface area contributed by atoms with Gasteiger partial charge >= 0.3 is 0 Å². The highest BCUT2D eigenvalue weighted by Crippen LogP contribution is 2.11. The van der Waals surface area contributed by atoms with Crippen molar-refractivity contribution in [2.75, 3.05) is 87.1 Å². The molecule has 6 nitrogen and oxygen atoms in total. The summed E-state index contributed by atoms with van der Waals surface area (Å²) in [6.07, 6.45) is 9.94. The minimum absolute atomic E-state index is 1.04. The molecule has 0 radical (unpaired) electrons.